The van der Waals surface area contributed by atoms with Gasteiger partial charge >= 0.3 is 0 Å². The highest BCUT2D eigenvalue weighted by molar-refractivity contribution is 14.0. The van der Waals surface area contributed by atoms with E-state index in [0.29, 0.717) is 0 Å². The maximum Gasteiger partial charge on any atom is 0.194 e. The standard InChI is InChI=1S/C17H22N4S.HI/c1-18-17(19-14-15-6-3-2-4-7-15)21-11-9-20(10-12-21)16-8-5-13-22-16;/h2-8,13H,9-12,14H2,1H3,(H,18,19);1H. The molecule has 0 saturated carbocycles. The van der Waals surface area contributed by atoms with Crippen LogP contribution in [0.1, 0.15) is 5.56 Å². The fourth-order valence-corrected chi connectivity index (χ4v) is 3.48. The summed E-state index contributed by atoms with van der Waals surface area (Å²) in [4.78, 5) is 9.22. The van der Waals surface area contributed by atoms with E-state index in [4.69, 9.17) is 0 Å². The maximum absolute atomic E-state index is 4.43. The van der Waals surface area contributed by atoms with Crippen molar-refractivity contribution >= 4 is 46.3 Å². The lowest BCUT2D eigenvalue weighted by Crippen LogP contribution is -2.52. The van der Waals surface area contributed by atoms with Gasteiger partial charge in [-0.1, -0.05) is 30.3 Å². The molecule has 1 saturated heterocycles. The molecule has 1 aliphatic rings. The molecule has 1 aromatic carbocycles. The van der Waals surface area contributed by atoms with Crippen LogP contribution in [0.2, 0.25) is 0 Å². The van der Waals surface area contributed by atoms with Crippen molar-refractivity contribution in [3.05, 3.63) is 53.4 Å². The van der Waals surface area contributed by atoms with Crippen molar-refractivity contribution in [2.75, 3.05) is 38.1 Å². The van der Waals surface area contributed by atoms with Gasteiger partial charge in [0, 0.05) is 39.8 Å². The van der Waals surface area contributed by atoms with Gasteiger partial charge in [-0.3, -0.25) is 4.99 Å². The van der Waals surface area contributed by atoms with Gasteiger partial charge in [0.15, 0.2) is 5.96 Å². The Balaban J connectivity index is 0.00000192. The predicted molar refractivity (Wildman–Crippen MR) is 110 cm³/mol. The normalized spacial score (nSPS) is 15.3. The third-order valence-electron chi connectivity index (χ3n) is 3.90. The van der Waals surface area contributed by atoms with Gasteiger partial charge < -0.3 is 15.1 Å². The molecule has 0 spiro atoms. The number of rotatable bonds is 3. The summed E-state index contributed by atoms with van der Waals surface area (Å²) in [5.74, 6) is 0.995. The Morgan fingerprint density at radius 3 is 2.43 bits per heavy atom. The minimum Gasteiger partial charge on any atom is -0.360 e. The molecular formula is C17H23IN4S. The smallest absolute Gasteiger partial charge is 0.194 e. The van der Waals surface area contributed by atoms with E-state index < -0.39 is 0 Å². The molecule has 1 aliphatic heterocycles. The predicted octanol–water partition coefficient (Wildman–Crippen LogP) is 3.26. The Hall–Kier alpha value is -1.28. The minimum absolute atomic E-state index is 0. The van der Waals surface area contributed by atoms with Gasteiger partial charge in [-0.15, -0.1) is 35.3 Å². The van der Waals surface area contributed by atoms with E-state index in [-0.39, 0.29) is 24.0 Å². The molecule has 2 aromatic rings. The number of benzene rings is 1. The summed E-state index contributed by atoms with van der Waals surface area (Å²) < 4.78 is 0. The zero-order chi connectivity index (χ0) is 15.2. The van der Waals surface area contributed by atoms with Gasteiger partial charge in [-0.05, 0) is 23.1 Å². The highest BCUT2D eigenvalue weighted by Crippen LogP contribution is 2.22. The highest BCUT2D eigenvalue weighted by Gasteiger charge is 2.20. The van der Waals surface area contributed by atoms with E-state index in [0.717, 1.165) is 38.7 Å². The van der Waals surface area contributed by atoms with Crippen molar-refractivity contribution in [3.63, 3.8) is 0 Å². The molecule has 1 N–H and O–H groups in total. The van der Waals surface area contributed by atoms with Crippen LogP contribution in [0.15, 0.2) is 52.8 Å². The second kappa shape index (κ2) is 9.12. The zero-order valence-corrected chi connectivity index (χ0v) is 16.5. The van der Waals surface area contributed by atoms with Gasteiger partial charge in [-0.2, -0.15) is 0 Å². The van der Waals surface area contributed by atoms with Crippen LogP contribution in [0.5, 0.6) is 0 Å². The molecule has 23 heavy (non-hydrogen) atoms. The van der Waals surface area contributed by atoms with E-state index in [2.05, 4.69) is 61.9 Å². The third kappa shape index (κ3) is 4.84. The second-order valence-corrected chi connectivity index (χ2v) is 6.24. The number of piperazine rings is 1. The summed E-state index contributed by atoms with van der Waals surface area (Å²) in [5, 5.41) is 6.97. The van der Waals surface area contributed by atoms with Crippen LogP contribution < -0.4 is 10.2 Å². The number of hydrogen-bond donors (Lipinski definition) is 1. The van der Waals surface area contributed by atoms with Crippen molar-refractivity contribution in [2.24, 2.45) is 4.99 Å². The Kier molecular flexibility index (Phi) is 7.16. The van der Waals surface area contributed by atoms with E-state index >= 15 is 0 Å². The van der Waals surface area contributed by atoms with Crippen LogP contribution in [0.4, 0.5) is 5.00 Å². The van der Waals surface area contributed by atoms with Crippen molar-refractivity contribution in [1.29, 1.82) is 0 Å². The molecule has 1 fully saturated rings. The quantitative estimate of drug-likeness (QED) is 0.450. The Morgan fingerprint density at radius 1 is 1.09 bits per heavy atom. The van der Waals surface area contributed by atoms with E-state index in [1.54, 1.807) is 0 Å². The summed E-state index contributed by atoms with van der Waals surface area (Å²) in [6, 6.07) is 14.8. The summed E-state index contributed by atoms with van der Waals surface area (Å²) in [5.41, 5.74) is 1.28. The van der Waals surface area contributed by atoms with Crippen LogP contribution in [0, 0.1) is 0 Å². The summed E-state index contributed by atoms with van der Waals surface area (Å²) >= 11 is 1.81. The molecule has 4 nitrogen and oxygen atoms in total. The summed E-state index contributed by atoms with van der Waals surface area (Å²) in [6.45, 7) is 4.93. The van der Waals surface area contributed by atoms with Gasteiger partial charge in [0.1, 0.15) is 0 Å². The first kappa shape index (κ1) is 18.1. The molecule has 6 heteroatoms. The van der Waals surface area contributed by atoms with Crippen molar-refractivity contribution in [2.45, 2.75) is 6.54 Å². The average molecular weight is 442 g/mol. The second-order valence-electron chi connectivity index (χ2n) is 5.31. The van der Waals surface area contributed by atoms with Crippen molar-refractivity contribution in [1.82, 2.24) is 10.2 Å². The van der Waals surface area contributed by atoms with E-state index in [9.17, 15) is 0 Å². The number of nitrogens with zero attached hydrogens (tertiary/aromatic N) is 3. The lowest BCUT2D eigenvalue weighted by Gasteiger charge is -2.37. The van der Waals surface area contributed by atoms with Crippen LogP contribution in [0.3, 0.4) is 0 Å². The van der Waals surface area contributed by atoms with Gasteiger partial charge in [0.2, 0.25) is 0 Å². The molecular weight excluding hydrogens is 419 g/mol. The number of guanidine groups is 1. The number of anilines is 1. The maximum atomic E-state index is 4.43. The Bertz CT molecular complexity index is 592. The third-order valence-corrected chi connectivity index (χ3v) is 4.83. The monoisotopic (exact) mass is 442 g/mol. The summed E-state index contributed by atoms with van der Waals surface area (Å²) in [6.07, 6.45) is 0. The Labute approximate surface area is 159 Å². The van der Waals surface area contributed by atoms with Gasteiger partial charge in [-0.25, -0.2) is 0 Å². The van der Waals surface area contributed by atoms with Crippen LogP contribution in [0.25, 0.3) is 0 Å². The number of nitrogens with one attached hydrogen (secondary N) is 1. The topological polar surface area (TPSA) is 30.9 Å². The fourth-order valence-electron chi connectivity index (χ4n) is 2.70. The number of hydrogen-bond acceptors (Lipinski definition) is 3. The van der Waals surface area contributed by atoms with Gasteiger partial charge in [0.05, 0.1) is 5.00 Å². The molecule has 0 unspecified atom stereocenters. The largest absolute Gasteiger partial charge is 0.360 e. The van der Waals surface area contributed by atoms with Crippen LogP contribution in [-0.2, 0) is 6.54 Å². The lowest BCUT2D eigenvalue weighted by molar-refractivity contribution is 0.373. The van der Waals surface area contributed by atoms with Crippen LogP contribution in [-0.4, -0.2) is 44.1 Å². The fraction of sp³-hybridized carbons (Fsp3) is 0.353. The van der Waals surface area contributed by atoms with E-state index in [1.807, 2.05) is 24.5 Å². The SMILES string of the molecule is CN=C(NCc1ccccc1)N1CCN(c2cccs2)CC1.I. The van der Waals surface area contributed by atoms with Gasteiger partial charge in [0.25, 0.3) is 0 Å². The molecule has 0 aliphatic carbocycles. The lowest BCUT2D eigenvalue weighted by atomic mass is 10.2. The first-order valence-electron chi connectivity index (χ1n) is 7.65. The molecule has 3 rings (SSSR count). The minimum atomic E-state index is 0. The number of thiophene rings is 1. The summed E-state index contributed by atoms with van der Waals surface area (Å²) in [7, 11) is 1.86. The highest BCUT2D eigenvalue weighted by atomic mass is 127. The first-order chi connectivity index (χ1) is 10.9. The molecule has 0 atom stereocenters. The first-order valence-corrected chi connectivity index (χ1v) is 8.53. The molecule has 124 valence electrons. The molecule has 2 heterocycles. The van der Waals surface area contributed by atoms with Crippen molar-refractivity contribution < 1.29 is 0 Å². The zero-order valence-electron chi connectivity index (χ0n) is 13.3. The average Bonchev–Trinajstić information content (AvgIpc) is 3.11. The molecule has 1 aromatic heterocycles. The Morgan fingerprint density at radius 2 is 1.83 bits per heavy atom. The molecule has 0 bridgehead atoms. The van der Waals surface area contributed by atoms with Crippen molar-refractivity contribution in [3.8, 4) is 0 Å². The van der Waals surface area contributed by atoms with E-state index in [1.165, 1.54) is 10.6 Å². The number of aliphatic imine (C=N–C) groups is 1. The molecule has 0 amide bonds. The molecule has 0 radical (unpaired) electrons. The number of halogens is 1. The van der Waals surface area contributed by atoms with Crippen LogP contribution >= 0.6 is 35.3 Å².